The van der Waals surface area contributed by atoms with Gasteiger partial charge in [0.05, 0.1) is 6.10 Å². The van der Waals surface area contributed by atoms with Crippen LogP contribution in [0, 0.1) is 0 Å². The molecule has 0 bridgehead atoms. The van der Waals surface area contributed by atoms with Crippen molar-refractivity contribution < 1.29 is 14.6 Å². The summed E-state index contributed by atoms with van der Waals surface area (Å²) in [6.07, 6.45) is 3.21. The number of nitrogens with zero attached hydrogens (tertiary/aromatic N) is 1. The Balaban J connectivity index is 1.68. The van der Waals surface area contributed by atoms with E-state index < -0.39 is 6.10 Å². The van der Waals surface area contributed by atoms with E-state index in [9.17, 15) is 5.11 Å². The molecule has 4 heteroatoms. The fourth-order valence-electron chi connectivity index (χ4n) is 2.74. The highest BCUT2D eigenvalue weighted by Crippen LogP contribution is 2.34. The predicted octanol–water partition coefficient (Wildman–Crippen LogP) is 2.37. The smallest absolute Gasteiger partial charge is 0.161 e. The van der Waals surface area contributed by atoms with Crippen LogP contribution in [0.1, 0.15) is 37.9 Å². The van der Waals surface area contributed by atoms with Gasteiger partial charge in [-0.1, -0.05) is 13.0 Å². The molecule has 4 nitrogen and oxygen atoms in total. The Morgan fingerprint density at radius 3 is 2.70 bits per heavy atom. The van der Waals surface area contributed by atoms with E-state index in [0.717, 1.165) is 30.0 Å². The van der Waals surface area contributed by atoms with Crippen LogP contribution in [0.15, 0.2) is 18.2 Å². The van der Waals surface area contributed by atoms with Crippen LogP contribution in [0.2, 0.25) is 0 Å². The van der Waals surface area contributed by atoms with Gasteiger partial charge in [-0.3, -0.25) is 4.90 Å². The average molecular weight is 277 g/mol. The Labute approximate surface area is 120 Å². The second kappa shape index (κ2) is 6.02. The van der Waals surface area contributed by atoms with Gasteiger partial charge in [-0.25, -0.2) is 0 Å². The third-order valence-corrected chi connectivity index (χ3v) is 3.93. The van der Waals surface area contributed by atoms with E-state index in [2.05, 4.69) is 11.8 Å². The molecule has 1 aliphatic heterocycles. The van der Waals surface area contributed by atoms with Gasteiger partial charge >= 0.3 is 0 Å². The van der Waals surface area contributed by atoms with Crippen LogP contribution >= 0.6 is 0 Å². The van der Waals surface area contributed by atoms with Crippen LogP contribution in [0.4, 0.5) is 0 Å². The molecule has 1 N–H and O–H groups in total. The third kappa shape index (κ3) is 3.07. The molecule has 0 amide bonds. The first-order valence-electron chi connectivity index (χ1n) is 7.59. The monoisotopic (exact) mass is 277 g/mol. The van der Waals surface area contributed by atoms with Gasteiger partial charge in [-0.2, -0.15) is 0 Å². The van der Waals surface area contributed by atoms with Crippen molar-refractivity contribution in [1.82, 2.24) is 4.90 Å². The van der Waals surface area contributed by atoms with E-state index in [1.165, 1.54) is 12.8 Å². The average Bonchev–Trinajstić information content (AvgIpc) is 3.31. The van der Waals surface area contributed by atoms with Crippen molar-refractivity contribution in [3.63, 3.8) is 0 Å². The van der Waals surface area contributed by atoms with E-state index >= 15 is 0 Å². The molecular formula is C16H23NO3. The zero-order valence-corrected chi connectivity index (χ0v) is 12.0. The van der Waals surface area contributed by atoms with Gasteiger partial charge in [0.15, 0.2) is 11.5 Å². The molecule has 1 atom stereocenters. The molecule has 20 heavy (non-hydrogen) atoms. The van der Waals surface area contributed by atoms with Gasteiger partial charge in [0.25, 0.3) is 0 Å². The Kier molecular flexibility index (Phi) is 4.13. The quantitative estimate of drug-likeness (QED) is 0.867. The number of fused-ring (bicyclic) bond motifs is 1. The first kappa shape index (κ1) is 13.7. The number of hydrogen-bond acceptors (Lipinski definition) is 4. The number of hydrogen-bond donors (Lipinski definition) is 1. The molecule has 2 aliphatic rings. The van der Waals surface area contributed by atoms with Crippen LogP contribution in [0.25, 0.3) is 0 Å². The maximum Gasteiger partial charge on any atom is 0.161 e. The lowest BCUT2D eigenvalue weighted by Crippen LogP contribution is -2.31. The van der Waals surface area contributed by atoms with Crippen molar-refractivity contribution >= 4 is 0 Å². The van der Waals surface area contributed by atoms with Crippen LogP contribution in [-0.4, -0.2) is 42.4 Å². The molecule has 1 saturated carbocycles. The Morgan fingerprint density at radius 2 is 2.00 bits per heavy atom. The first-order chi connectivity index (χ1) is 9.78. The summed E-state index contributed by atoms with van der Waals surface area (Å²) in [4.78, 5) is 2.40. The second-order valence-corrected chi connectivity index (χ2v) is 5.65. The van der Waals surface area contributed by atoms with Crippen LogP contribution in [0.3, 0.4) is 0 Å². The molecule has 0 spiro atoms. The summed E-state index contributed by atoms with van der Waals surface area (Å²) in [7, 11) is 0. The minimum atomic E-state index is -0.460. The topological polar surface area (TPSA) is 41.9 Å². The zero-order valence-electron chi connectivity index (χ0n) is 12.0. The Morgan fingerprint density at radius 1 is 1.25 bits per heavy atom. The van der Waals surface area contributed by atoms with E-state index in [-0.39, 0.29) is 0 Å². The van der Waals surface area contributed by atoms with Crippen molar-refractivity contribution in [3.05, 3.63) is 23.8 Å². The predicted molar refractivity (Wildman–Crippen MR) is 77.3 cm³/mol. The van der Waals surface area contributed by atoms with E-state index in [0.29, 0.717) is 25.8 Å². The molecule has 0 aromatic heterocycles. The summed E-state index contributed by atoms with van der Waals surface area (Å²) >= 11 is 0. The standard InChI is InChI=1S/C16H23NO3/c1-2-7-17(13-4-5-13)11-14(18)12-3-6-15-16(10-12)20-9-8-19-15/h3,6,10,13-14,18H,2,4-5,7-9,11H2,1H3. The summed E-state index contributed by atoms with van der Waals surface area (Å²) in [6.45, 7) is 5.13. The van der Waals surface area contributed by atoms with E-state index in [1.807, 2.05) is 18.2 Å². The fourth-order valence-corrected chi connectivity index (χ4v) is 2.74. The van der Waals surface area contributed by atoms with E-state index in [4.69, 9.17) is 9.47 Å². The molecule has 1 unspecified atom stereocenters. The molecular weight excluding hydrogens is 254 g/mol. The minimum absolute atomic E-state index is 0.460. The van der Waals surface area contributed by atoms with Crippen molar-refractivity contribution in [2.45, 2.75) is 38.3 Å². The van der Waals surface area contributed by atoms with Crippen LogP contribution in [-0.2, 0) is 0 Å². The van der Waals surface area contributed by atoms with Gasteiger partial charge in [-0.15, -0.1) is 0 Å². The number of ether oxygens (including phenoxy) is 2. The summed E-state index contributed by atoms with van der Waals surface area (Å²) in [5, 5.41) is 10.5. The Bertz CT molecular complexity index is 459. The van der Waals surface area contributed by atoms with Crippen molar-refractivity contribution in [1.29, 1.82) is 0 Å². The first-order valence-corrected chi connectivity index (χ1v) is 7.59. The molecule has 1 aromatic rings. The summed E-state index contributed by atoms with van der Waals surface area (Å²) in [5.41, 5.74) is 0.913. The molecule has 110 valence electrons. The maximum absolute atomic E-state index is 10.5. The van der Waals surface area contributed by atoms with Crippen LogP contribution < -0.4 is 9.47 Å². The molecule has 1 fully saturated rings. The number of benzene rings is 1. The highest BCUT2D eigenvalue weighted by Gasteiger charge is 2.30. The van der Waals surface area contributed by atoms with Gasteiger partial charge in [0.1, 0.15) is 13.2 Å². The maximum atomic E-state index is 10.5. The highest BCUT2D eigenvalue weighted by molar-refractivity contribution is 5.44. The van der Waals surface area contributed by atoms with E-state index in [1.54, 1.807) is 0 Å². The summed E-state index contributed by atoms with van der Waals surface area (Å²) < 4.78 is 11.1. The fraction of sp³-hybridized carbons (Fsp3) is 0.625. The zero-order chi connectivity index (χ0) is 13.9. The van der Waals surface area contributed by atoms with Gasteiger partial charge < -0.3 is 14.6 Å². The number of aliphatic hydroxyl groups is 1. The highest BCUT2D eigenvalue weighted by atomic mass is 16.6. The molecule has 0 radical (unpaired) electrons. The molecule has 0 saturated heterocycles. The SMILES string of the molecule is CCCN(CC(O)c1ccc2c(c1)OCCO2)C1CC1. The Hall–Kier alpha value is -1.26. The molecule has 1 heterocycles. The van der Waals surface area contributed by atoms with Crippen molar-refractivity contribution in [2.75, 3.05) is 26.3 Å². The number of aliphatic hydroxyl groups excluding tert-OH is 1. The summed E-state index contributed by atoms with van der Waals surface area (Å²) in [5.74, 6) is 1.53. The van der Waals surface area contributed by atoms with Crippen molar-refractivity contribution in [2.24, 2.45) is 0 Å². The number of rotatable bonds is 6. The minimum Gasteiger partial charge on any atom is -0.486 e. The van der Waals surface area contributed by atoms with Gasteiger partial charge in [0.2, 0.25) is 0 Å². The lowest BCUT2D eigenvalue weighted by Gasteiger charge is -2.25. The molecule has 1 aliphatic carbocycles. The normalized spacial score (nSPS) is 19.1. The lowest BCUT2D eigenvalue weighted by molar-refractivity contribution is 0.107. The van der Waals surface area contributed by atoms with Gasteiger partial charge in [0, 0.05) is 12.6 Å². The largest absolute Gasteiger partial charge is 0.486 e. The summed E-state index contributed by atoms with van der Waals surface area (Å²) in [6, 6.07) is 6.43. The lowest BCUT2D eigenvalue weighted by atomic mass is 10.1. The van der Waals surface area contributed by atoms with Crippen LogP contribution in [0.5, 0.6) is 11.5 Å². The molecule has 3 rings (SSSR count). The third-order valence-electron chi connectivity index (χ3n) is 3.93. The van der Waals surface area contributed by atoms with Gasteiger partial charge in [-0.05, 0) is 43.5 Å². The van der Waals surface area contributed by atoms with Crippen molar-refractivity contribution in [3.8, 4) is 11.5 Å². The molecule has 1 aromatic carbocycles. The second-order valence-electron chi connectivity index (χ2n) is 5.65.